The van der Waals surface area contributed by atoms with Crippen LogP contribution in [0.25, 0.3) is 38.8 Å². The van der Waals surface area contributed by atoms with Gasteiger partial charge in [0.25, 0.3) is 0 Å². The Bertz CT molecular complexity index is 1840. The molecular formula is C30H25ClFN5O2. The van der Waals surface area contributed by atoms with Gasteiger partial charge in [0.1, 0.15) is 11.6 Å². The van der Waals surface area contributed by atoms with E-state index in [2.05, 4.69) is 14.9 Å². The third kappa shape index (κ3) is 4.46. The minimum absolute atomic E-state index is 0.0670. The van der Waals surface area contributed by atoms with Gasteiger partial charge >= 0.3 is 5.69 Å². The van der Waals surface area contributed by atoms with Gasteiger partial charge in [0, 0.05) is 54.4 Å². The van der Waals surface area contributed by atoms with E-state index in [1.54, 1.807) is 43.8 Å². The molecule has 0 amide bonds. The summed E-state index contributed by atoms with van der Waals surface area (Å²) in [5, 5.41) is 12.6. The second-order valence-electron chi connectivity index (χ2n) is 9.69. The number of anilines is 1. The molecule has 196 valence electrons. The highest BCUT2D eigenvalue weighted by Crippen LogP contribution is 2.42. The lowest BCUT2D eigenvalue weighted by molar-refractivity contribution is 0.477. The molecule has 0 saturated heterocycles. The Balaban J connectivity index is 1.48. The summed E-state index contributed by atoms with van der Waals surface area (Å²) in [6.07, 6.45) is 5.02. The van der Waals surface area contributed by atoms with Crippen LogP contribution < -0.4 is 10.6 Å². The quantitative estimate of drug-likeness (QED) is 0.310. The first kappa shape index (κ1) is 24.9. The third-order valence-corrected chi connectivity index (χ3v) is 7.35. The summed E-state index contributed by atoms with van der Waals surface area (Å²) in [7, 11) is 1.65. The molecule has 3 heterocycles. The van der Waals surface area contributed by atoms with Crippen molar-refractivity contribution in [1.29, 1.82) is 0 Å². The number of imidazole rings is 1. The van der Waals surface area contributed by atoms with E-state index in [0.717, 1.165) is 28.8 Å². The first-order valence-electron chi connectivity index (χ1n) is 12.5. The summed E-state index contributed by atoms with van der Waals surface area (Å²) in [5.41, 5.74) is 4.88. The standard InChI is InChI=1S/C30H25ClFN5O2/c1-18-17-36(9-8-33-18)27-14-21(12-20-4-3-7-34-28(20)27)24-16-22(32)15-23(29(24)38)19-5-6-26(25(31)13-19)37-11-10-35(2)30(37)39/h3-7,10-16,38H,8-9,17H2,1-2H3. The van der Waals surface area contributed by atoms with Crippen molar-refractivity contribution in [3.05, 3.63) is 94.5 Å². The van der Waals surface area contributed by atoms with Crippen molar-refractivity contribution < 1.29 is 9.50 Å². The van der Waals surface area contributed by atoms with Crippen molar-refractivity contribution in [3.8, 4) is 33.7 Å². The lowest BCUT2D eigenvalue weighted by Gasteiger charge is -2.29. The van der Waals surface area contributed by atoms with Crippen molar-refractivity contribution >= 4 is 33.9 Å². The minimum Gasteiger partial charge on any atom is -0.507 e. The van der Waals surface area contributed by atoms with Gasteiger partial charge in [-0.3, -0.25) is 14.5 Å². The number of hydrogen-bond acceptors (Lipinski definition) is 5. The van der Waals surface area contributed by atoms with Crippen LogP contribution in [0.15, 0.2) is 83.0 Å². The smallest absolute Gasteiger partial charge is 0.332 e. The zero-order valence-corrected chi connectivity index (χ0v) is 22.2. The Labute approximate surface area is 229 Å². The van der Waals surface area contributed by atoms with E-state index < -0.39 is 5.82 Å². The average Bonchev–Trinajstić information content (AvgIpc) is 3.26. The normalized spacial score (nSPS) is 13.6. The molecule has 1 N–H and O–H groups in total. The fraction of sp³-hybridized carbons (Fsp3) is 0.167. The van der Waals surface area contributed by atoms with Gasteiger partial charge in [-0.1, -0.05) is 23.7 Å². The monoisotopic (exact) mass is 541 g/mol. The maximum absolute atomic E-state index is 15.1. The average molecular weight is 542 g/mol. The number of aliphatic imine (C=N–C) groups is 1. The van der Waals surface area contributed by atoms with Crippen LogP contribution in [-0.4, -0.2) is 44.6 Å². The Morgan fingerprint density at radius 2 is 1.79 bits per heavy atom. The first-order chi connectivity index (χ1) is 18.8. The number of benzene rings is 3. The van der Waals surface area contributed by atoms with Crippen molar-refractivity contribution in [2.75, 3.05) is 24.5 Å². The fourth-order valence-corrected chi connectivity index (χ4v) is 5.37. The molecule has 39 heavy (non-hydrogen) atoms. The molecule has 0 radical (unpaired) electrons. The molecule has 0 bridgehead atoms. The van der Waals surface area contributed by atoms with Gasteiger partial charge in [0.15, 0.2) is 0 Å². The van der Waals surface area contributed by atoms with E-state index in [-0.39, 0.29) is 11.4 Å². The molecule has 0 aliphatic carbocycles. The van der Waals surface area contributed by atoms with Gasteiger partial charge < -0.3 is 14.6 Å². The molecule has 0 spiro atoms. The number of hydrogen-bond donors (Lipinski definition) is 1. The van der Waals surface area contributed by atoms with Crippen LogP contribution in [0.1, 0.15) is 6.92 Å². The summed E-state index contributed by atoms with van der Waals surface area (Å²) < 4.78 is 17.9. The molecule has 0 fully saturated rings. The molecule has 7 nitrogen and oxygen atoms in total. The number of pyridine rings is 1. The highest BCUT2D eigenvalue weighted by atomic mass is 35.5. The SMILES string of the molecule is CC1=NCCN(c2cc(-c3cc(F)cc(-c4ccc(-n5ccn(C)c5=O)c(Cl)c4)c3O)cc3cccnc23)C1. The Morgan fingerprint density at radius 1 is 1.00 bits per heavy atom. The lowest BCUT2D eigenvalue weighted by Crippen LogP contribution is -2.35. The predicted molar refractivity (Wildman–Crippen MR) is 154 cm³/mol. The topological polar surface area (TPSA) is 75.7 Å². The van der Waals surface area contributed by atoms with E-state index in [4.69, 9.17) is 11.6 Å². The van der Waals surface area contributed by atoms with Gasteiger partial charge in [-0.2, -0.15) is 0 Å². The maximum atomic E-state index is 15.1. The van der Waals surface area contributed by atoms with Gasteiger partial charge in [0.2, 0.25) is 0 Å². The first-order valence-corrected chi connectivity index (χ1v) is 12.9. The summed E-state index contributed by atoms with van der Waals surface area (Å²) in [6.45, 7) is 4.10. The molecule has 0 unspecified atom stereocenters. The highest BCUT2D eigenvalue weighted by Gasteiger charge is 2.20. The summed E-state index contributed by atoms with van der Waals surface area (Å²) in [5.74, 6) is -0.561. The van der Waals surface area contributed by atoms with Crippen LogP contribution in [0.3, 0.4) is 0 Å². The van der Waals surface area contributed by atoms with Crippen LogP contribution in [-0.2, 0) is 7.05 Å². The number of aromatic nitrogens is 3. The summed E-state index contributed by atoms with van der Waals surface area (Å²) in [4.78, 5) is 23.7. The fourth-order valence-electron chi connectivity index (χ4n) is 5.10. The Kier molecular flexibility index (Phi) is 6.19. The van der Waals surface area contributed by atoms with Crippen LogP contribution in [0.4, 0.5) is 10.1 Å². The van der Waals surface area contributed by atoms with Crippen LogP contribution in [0.5, 0.6) is 5.75 Å². The van der Waals surface area contributed by atoms with Crippen molar-refractivity contribution in [3.63, 3.8) is 0 Å². The number of phenolic OH excluding ortho intramolecular Hbond substituents is 1. The molecule has 1 aliphatic heterocycles. The molecule has 2 aromatic heterocycles. The van der Waals surface area contributed by atoms with Crippen LogP contribution in [0.2, 0.25) is 5.02 Å². The summed E-state index contributed by atoms with van der Waals surface area (Å²) >= 11 is 6.56. The van der Waals surface area contributed by atoms with E-state index in [1.165, 1.54) is 21.3 Å². The molecule has 5 aromatic rings. The maximum Gasteiger partial charge on any atom is 0.332 e. The number of nitrogens with zero attached hydrogens (tertiary/aromatic N) is 5. The van der Waals surface area contributed by atoms with Crippen molar-refractivity contribution in [2.24, 2.45) is 12.0 Å². The number of phenols is 1. The molecule has 0 saturated carbocycles. The van der Waals surface area contributed by atoms with Crippen molar-refractivity contribution in [2.45, 2.75) is 6.92 Å². The Morgan fingerprint density at radius 3 is 2.51 bits per heavy atom. The number of halogens is 2. The number of fused-ring (bicyclic) bond motifs is 1. The molecule has 9 heteroatoms. The summed E-state index contributed by atoms with van der Waals surface area (Å²) in [6, 6.07) is 15.3. The lowest BCUT2D eigenvalue weighted by atomic mass is 9.95. The number of aryl methyl sites for hydroxylation is 1. The van der Waals surface area contributed by atoms with Crippen LogP contribution in [0, 0.1) is 5.82 Å². The predicted octanol–water partition coefficient (Wildman–Crippen LogP) is 5.84. The molecule has 0 atom stereocenters. The Hall–Kier alpha value is -4.43. The molecule has 3 aromatic carbocycles. The van der Waals surface area contributed by atoms with E-state index in [0.29, 0.717) is 46.1 Å². The molecular weight excluding hydrogens is 517 g/mol. The number of rotatable bonds is 4. The second kappa shape index (κ2) is 9.71. The van der Waals surface area contributed by atoms with Gasteiger partial charge in [-0.25, -0.2) is 9.18 Å². The zero-order valence-electron chi connectivity index (χ0n) is 21.4. The van der Waals surface area contributed by atoms with E-state index >= 15 is 4.39 Å². The molecule has 1 aliphatic rings. The van der Waals surface area contributed by atoms with Crippen LogP contribution >= 0.6 is 11.6 Å². The van der Waals surface area contributed by atoms with Gasteiger partial charge in [-0.05, 0) is 60.5 Å². The van der Waals surface area contributed by atoms with Crippen molar-refractivity contribution in [1.82, 2.24) is 14.1 Å². The zero-order chi connectivity index (χ0) is 27.3. The second-order valence-corrected chi connectivity index (χ2v) is 10.1. The third-order valence-electron chi connectivity index (χ3n) is 7.05. The van der Waals surface area contributed by atoms with E-state index in [9.17, 15) is 9.90 Å². The number of aromatic hydroxyl groups is 1. The van der Waals surface area contributed by atoms with Gasteiger partial charge in [-0.15, -0.1) is 0 Å². The highest BCUT2D eigenvalue weighted by molar-refractivity contribution is 6.32. The van der Waals surface area contributed by atoms with Gasteiger partial charge in [0.05, 0.1) is 35.0 Å². The largest absolute Gasteiger partial charge is 0.507 e. The molecule has 6 rings (SSSR count). The minimum atomic E-state index is -0.494. The van der Waals surface area contributed by atoms with E-state index in [1.807, 2.05) is 31.2 Å².